The highest BCUT2D eigenvalue weighted by atomic mass is 32.2. The van der Waals surface area contributed by atoms with Crippen molar-refractivity contribution in [3.05, 3.63) is 41.7 Å². The van der Waals surface area contributed by atoms with Crippen LogP contribution in [-0.4, -0.2) is 32.0 Å². The maximum atomic E-state index is 12.4. The number of aryl methyl sites for hydroxylation is 1. The molecule has 26 heavy (non-hydrogen) atoms. The molecule has 1 aliphatic carbocycles. The summed E-state index contributed by atoms with van der Waals surface area (Å²) in [5.74, 6) is 0.930. The molecular formula is C19H23N5OS. The molecule has 136 valence electrons. The molecule has 1 aromatic carbocycles. The van der Waals surface area contributed by atoms with Crippen molar-refractivity contribution in [1.82, 2.24) is 20.1 Å². The fraction of sp³-hybridized carbons (Fsp3) is 0.474. The fourth-order valence-electron chi connectivity index (χ4n) is 3.27. The third-order valence-corrected chi connectivity index (χ3v) is 5.68. The van der Waals surface area contributed by atoms with E-state index >= 15 is 0 Å². The second kappa shape index (κ2) is 8.37. The molecule has 1 aliphatic rings. The Kier molecular flexibility index (Phi) is 5.94. The molecule has 0 saturated heterocycles. The lowest BCUT2D eigenvalue weighted by Crippen LogP contribution is -2.49. The van der Waals surface area contributed by atoms with Gasteiger partial charge in [0.05, 0.1) is 18.4 Å². The van der Waals surface area contributed by atoms with Crippen molar-refractivity contribution in [2.45, 2.75) is 56.3 Å². The van der Waals surface area contributed by atoms with Gasteiger partial charge in [0.25, 0.3) is 0 Å². The molecule has 1 amide bonds. The first kappa shape index (κ1) is 18.5. The largest absolute Gasteiger partial charge is 0.337 e. The summed E-state index contributed by atoms with van der Waals surface area (Å²) in [5, 5.41) is 21.5. The van der Waals surface area contributed by atoms with Gasteiger partial charge in [-0.05, 0) is 25.3 Å². The number of nitrogens with one attached hydrogen (secondary N) is 1. The molecule has 0 spiro atoms. The van der Waals surface area contributed by atoms with Crippen molar-refractivity contribution < 1.29 is 4.79 Å². The predicted octanol–water partition coefficient (Wildman–Crippen LogP) is 3.07. The van der Waals surface area contributed by atoms with E-state index < -0.39 is 5.54 Å². The Morgan fingerprint density at radius 3 is 2.69 bits per heavy atom. The highest BCUT2D eigenvalue weighted by Crippen LogP contribution is 2.28. The van der Waals surface area contributed by atoms with E-state index in [9.17, 15) is 10.1 Å². The van der Waals surface area contributed by atoms with Crippen LogP contribution in [0.1, 0.15) is 43.5 Å². The highest BCUT2D eigenvalue weighted by molar-refractivity contribution is 7.99. The Balaban J connectivity index is 1.61. The Hall–Kier alpha value is -2.33. The van der Waals surface area contributed by atoms with E-state index in [2.05, 4.69) is 33.7 Å². The van der Waals surface area contributed by atoms with Crippen molar-refractivity contribution >= 4 is 17.7 Å². The lowest BCUT2D eigenvalue weighted by Gasteiger charge is -2.31. The van der Waals surface area contributed by atoms with Gasteiger partial charge in [-0.1, -0.05) is 61.4 Å². The normalized spacial score (nSPS) is 16.0. The van der Waals surface area contributed by atoms with Gasteiger partial charge in [0.15, 0.2) is 5.16 Å². The summed E-state index contributed by atoms with van der Waals surface area (Å²) in [5.41, 5.74) is 0.469. The molecule has 1 heterocycles. The summed E-state index contributed by atoms with van der Waals surface area (Å²) >= 11 is 1.36. The molecule has 2 aromatic rings. The molecule has 0 bridgehead atoms. The fourth-order valence-corrected chi connectivity index (χ4v) is 4.05. The van der Waals surface area contributed by atoms with Crippen LogP contribution in [-0.2, 0) is 11.3 Å². The minimum atomic E-state index is -0.691. The number of hydrogen-bond donors (Lipinski definition) is 1. The number of amides is 1. The first-order chi connectivity index (χ1) is 12.6. The van der Waals surface area contributed by atoms with Crippen LogP contribution in [0.3, 0.4) is 0 Å². The van der Waals surface area contributed by atoms with Crippen LogP contribution < -0.4 is 5.32 Å². The van der Waals surface area contributed by atoms with E-state index in [-0.39, 0.29) is 11.7 Å². The summed E-state index contributed by atoms with van der Waals surface area (Å²) in [6.07, 6.45) is 4.60. The van der Waals surface area contributed by atoms with E-state index in [0.29, 0.717) is 6.54 Å². The number of rotatable bonds is 6. The smallest absolute Gasteiger partial charge is 0.231 e. The zero-order valence-electron chi connectivity index (χ0n) is 14.9. The van der Waals surface area contributed by atoms with Gasteiger partial charge in [-0.25, -0.2) is 0 Å². The number of carbonyl (C=O) groups excluding carboxylic acids is 1. The van der Waals surface area contributed by atoms with Gasteiger partial charge in [0.1, 0.15) is 11.4 Å². The summed E-state index contributed by atoms with van der Waals surface area (Å²) in [6, 6.07) is 12.4. The van der Waals surface area contributed by atoms with E-state index in [1.807, 2.05) is 29.7 Å². The third-order valence-electron chi connectivity index (χ3n) is 4.72. The number of aromatic nitrogens is 3. The van der Waals surface area contributed by atoms with Crippen LogP contribution in [0, 0.1) is 18.3 Å². The van der Waals surface area contributed by atoms with Gasteiger partial charge in [0.2, 0.25) is 5.91 Å². The van der Waals surface area contributed by atoms with Crippen molar-refractivity contribution in [1.29, 1.82) is 5.26 Å². The average molecular weight is 369 g/mol. The minimum absolute atomic E-state index is 0.120. The number of thioether (sulfide) groups is 1. The molecule has 0 atom stereocenters. The second-order valence-corrected chi connectivity index (χ2v) is 7.64. The van der Waals surface area contributed by atoms with Crippen LogP contribution in [0.15, 0.2) is 35.5 Å². The lowest BCUT2D eigenvalue weighted by atomic mass is 9.83. The molecular weight excluding hydrogens is 346 g/mol. The molecule has 1 N–H and O–H groups in total. The second-order valence-electron chi connectivity index (χ2n) is 6.69. The van der Waals surface area contributed by atoms with Crippen LogP contribution in [0.4, 0.5) is 0 Å². The van der Waals surface area contributed by atoms with Gasteiger partial charge in [-0.3, -0.25) is 4.79 Å². The topological polar surface area (TPSA) is 83.6 Å². The summed E-state index contributed by atoms with van der Waals surface area (Å²) in [6.45, 7) is 2.58. The number of benzene rings is 1. The number of carbonyl (C=O) groups is 1. The van der Waals surface area contributed by atoms with Crippen molar-refractivity contribution in [3.8, 4) is 6.07 Å². The quantitative estimate of drug-likeness (QED) is 0.791. The molecule has 1 fully saturated rings. The van der Waals surface area contributed by atoms with Gasteiger partial charge >= 0.3 is 0 Å². The Labute approximate surface area is 158 Å². The number of nitriles is 1. The third kappa shape index (κ3) is 4.44. The zero-order valence-corrected chi connectivity index (χ0v) is 15.8. The van der Waals surface area contributed by atoms with Crippen molar-refractivity contribution in [3.63, 3.8) is 0 Å². The Morgan fingerprint density at radius 2 is 2.00 bits per heavy atom. The SMILES string of the molecule is Cc1nnc(SCC(=O)NC2(C#N)CCCCC2)n1Cc1ccccc1. The van der Waals surface area contributed by atoms with Crippen molar-refractivity contribution in [2.24, 2.45) is 0 Å². The first-order valence-electron chi connectivity index (χ1n) is 8.91. The highest BCUT2D eigenvalue weighted by Gasteiger charge is 2.33. The summed E-state index contributed by atoms with van der Waals surface area (Å²) < 4.78 is 2.01. The van der Waals surface area contributed by atoms with Gasteiger partial charge in [-0.15, -0.1) is 10.2 Å². The van der Waals surface area contributed by atoms with Crippen LogP contribution >= 0.6 is 11.8 Å². The van der Waals surface area contributed by atoms with E-state index in [0.717, 1.165) is 48.6 Å². The van der Waals surface area contributed by atoms with Crippen LogP contribution in [0.25, 0.3) is 0 Å². The maximum Gasteiger partial charge on any atom is 0.231 e. The van der Waals surface area contributed by atoms with Gasteiger partial charge < -0.3 is 9.88 Å². The summed E-state index contributed by atoms with van der Waals surface area (Å²) in [7, 11) is 0. The minimum Gasteiger partial charge on any atom is -0.337 e. The molecule has 3 rings (SSSR count). The van der Waals surface area contributed by atoms with Crippen LogP contribution in [0.5, 0.6) is 0 Å². The van der Waals surface area contributed by atoms with E-state index in [4.69, 9.17) is 0 Å². The monoisotopic (exact) mass is 369 g/mol. The van der Waals surface area contributed by atoms with Gasteiger partial charge in [-0.2, -0.15) is 5.26 Å². The lowest BCUT2D eigenvalue weighted by molar-refractivity contribution is -0.120. The first-order valence-corrected chi connectivity index (χ1v) is 9.89. The molecule has 7 heteroatoms. The van der Waals surface area contributed by atoms with Crippen molar-refractivity contribution in [2.75, 3.05) is 5.75 Å². The number of nitrogens with zero attached hydrogens (tertiary/aromatic N) is 4. The zero-order chi connectivity index (χ0) is 18.4. The van der Waals surface area contributed by atoms with E-state index in [1.54, 1.807) is 0 Å². The molecule has 0 aliphatic heterocycles. The Bertz CT molecular complexity index is 790. The molecule has 0 radical (unpaired) electrons. The molecule has 6 nitrogen and oxygen atoms in total. The molecule has 1 aromatic heterocycles. The number of hydrogen-bond acceptors (Lipinski definition) is 5. The summed E-state index contributed by atoms with van der Waals surface area (Å²) in [4.78, 5) is 12.4. The average Bonchev–Trinajstić information content (AvgIpc) is 3.01. The maximum absolute atomic E-state index is 12.4. The van der Waals surface area contributed by atoms with Crippen LogP contribution in [0.2, 0.25) is 0 Å². The standard InChI is InChI=1S/C19H23N5OS/c1-15-22-23-18(24(15)12-16-8-4-2-5-9-16)26-13-17(25)21-19(14-20)10-6-3-7-11-19/h2,4-5,8-9H,3,6-7,10-13H2,1H3,(H,21,25). The Morgan fingerprint density at radius 1 is 1.27 bits per heavy atom. The predicted molar refractivity (Wildman–Crippen MR) is 101 cm³/mol. The van der Waals surface area contributed by atoms with Gasteiger partial charge in [0, 0.05) is 0 Å². The molecule has 1 saturated carbocycles. The van der Waals surface area contributed by atoms with E-state index in [1.165, 1.54) is 11.8 Å². The molecule has 0 unspecified atom stereocenters.